The summed E-state index contributed by atoms with van der Waals surface area (Å²) in [6.07, 6.45) is -0.423. The normalized spacial score (nSPS) is 12.4. The van der Waals surface area contributed by atoms with Crippen LogP contribution in [0.25, 0.3) is 20.4 Å². The van der Waals surface area contributed by atoms with Gasteiger partial charge in [-0.3, -0.25) is 14.3 Å². The highest BCUT2D eigenvalue weighted by molar-refractivity contribution is 7.96. The number of hydrogen-bond acceptors (Lipinski definition) is 9. The van der Waals surface area contributed by atoms with E-state index in [-0.39, 0.29) is 24.0 Å². The van der Waals surface area contributed by atoms with Crippen molar-refractivity contribution in [2.45, 2.75) is 38.8 Å². The number of halogens is 4. The third kappa shape index (κ3) is 9.33. The lowest BCUT2D eigenvalue weighted by molar-refractivity contribution is -0.120. The van der Waals surface area contributed by atoms with Gasteiger partial charge in [0.1, 0.15) is 35.4 Å². The van der Waals surface area contributed by atoms with E-state index in [0.29, 0.717) is 40.6 Å². The number of nitrogens with zero attached hydrogens (tertiary/aromatic N) is 4. The van der Waals surface area contributed by atoms with Crippen LogP contribution in [0, 0.1) is 37.1 Å². The summed E-state index contributed by atoms with van der Waals surface area (Å²) in [4.78, 5) is 52.6. The van der Waals surface area contributed by atoms with Crippen LogP contribution in [0.15, 0.2) is 72.8 Å². The van der Waals surface area contributed by atoms with E-state index in [1.165, 1.54) is 39.5 Å². The molecule has 17 heteroatoms. The number of amides is 4. The molecule has 4 amide bonds. The Labute approximate surface area is 319 Å². The van der Waals surface area contributed by atoms with E-state index < -0.39 is 53.2 Å². The number of hydrogen-bond donors (Lipinski definition) is 3. The van der Waals surface area contributed by atoms with Crippen LogP contribution < -0.4 is 24.6 Å². The van der Waals surface area contributed by atoms with Gasteiger partial charge in [0.05, 0.1) is 30.4 Å². The highest BCUT2D eigenvalue weighted by atomic mass is 32.2. The summed E-state index contributed by atoms with van der Waals surface area (Å²) >= 11 is 3.61. The number of aromatic nitrogens is 2. The molecule has 3 N–H and O–H groups in total. The molecule has 4 aromatic carbocycles. The molecule has 0 radical (unpaired) electrons. The average Bonchev–Trinajstić information content (AvgIpc) is 3.68. The molecule has 0 aliphatic carbocycles. The first-order valence-corrected chi connectivity index (χ1v) is 18.8. The van der Waals surface area contributed by atoms with Gasteiger partial charge in [-0.15, -0.1) is 22.7 Å². The first kappa shape index (κ1) is 38.6. The molecule has 0 saturated carbocycles. The van der Waals surface area contributed by atoms with Crippen molar-refractivity contribution in [1.82, 2.24) is 24.7 Å². The second kappa shape index (κ2) is 16.5. The Balaban J connectivity index is 1.18. The maximum absolute atomic E-state index is 14.1. The van der Waals surface area contributed by atoms with Gasteiger partial charge >= 0.3 is 6.03 Å². The summed E-state index contributed by atoms with van der Waals surface area (Å²) in [6, 6.07) is 13.1. The number of rotatable bonds is 12. The first-order valence-electron chi connectivity index (χ1n) is 16.4. The molecule has 280 valence electrons. The number of nitrogens with one attached hydrogen (secondary N) is 3. The van der Waals surface area contributed by atoms with Crippen molar-refractivity contribution in [3.8, 4) is 0 Å². The van der Waals surface area contributed by atoms with E-state index in [1.807, 2.05) is 26.0 Å². The van der Waals surface area contributed by atoms with Crippen LogP contribution in [0.1, 0.15) is 21.1 Å². The zero-order valence-electron chi connectivity index (χ0n) is 29.2. The standard InChI is InChI=1S/C37H33F4N7O3S3/c1-19-42-29-17-27(5-7-33(29)52-19)47(3)35(49)31(13-21-9-23(38)15-24(39)10-21)44-37(51)46-54-45-32(14-22-11-25(40)16-26(41)12-22)36(50)48(4)28-6-8-34-30(18-28)43-20(2)53-34/h5-12,15-18,31-32,45H,13-14H2,1-4H3,(H2,44,46,51)/t31?,32-/m0/s1. The molecule has 0 aliphatic heterocycles. The fraction of sp³-hybridized carbons (Fsp3) is 0.216. The number of carbonyl (C=O) groups excluding carboxylic acids is 3. The van der Waals surface area contributed by atoms with Crippen molar-refractivity contribution >= 4 is 84.5 Å². The molecular formula is C37H33F4N7O3S3. The summed E-state index contributed by atoms with van der Waals surface area (Å²) < 4.78 is 63.7. The van der Waals surface area contributed by atoms with Crippen molar-refractivity contribution in [1.29, 1.82) is 0 Å². The zero-order chi connectivity index (χ0) is 38.7. The van der Waals surface area contributed by atoms with Gasteiger partial charge in [-0.05, 0) is 92.1 Å². The van der Waals surface area contributed by atoms with Crippen LogP contribution in [-0.2, 0) is 22.4 Å². The summed E-state index contributed by atoms with van der Waals surface area (Å²) in [5.74, 6) is -4.42. The maximum atomic E-state index is 14.1. The first-order chi connectivity index (χ1) is 25.7. The van der Waals surface area contributed by atoms with E-state index >= 15 is 0 Å². The number of urea groups is 1. The van der Waals surface area contributed by atoms with E-state index in [2.05, 4.69) is 24.7 Å². The van der Waals surface area contributed by atoms with E-state index in [9.17, 15) is 31.9 Å². The molecule has 2 aromatic heterocycles. The van der Waals surface area contributed by atoms with E-state index in [1.54, 1.807) is 31.3 Å². The number of thiazole rings is 2. The van der Waals surface area contributed by atoms with Crippen LogP contribution in [0.4, 0.5) is 33.7 Å². The average molecular weight is 796 g/mol. The minimum absolute atomic E-state index is 0.123. The van der Waals surface area contributed by atoms with Gasteiger partial charge in [-0.2, -0.15) is 0 Å². The Hall–Kier alpha value is -5.10. The quantitative estimate of drug-likeness (QED) is 0.0874. The van der Waals surface area contributed by atoms with Gasteiger partial charge in [0.25, 0.3) is 0 Å². The predicted molar refractivity (Wildman–Crippen MR) is 206 cm³/mol. The molecule has 10 nitrogen and oxygen atoms in total. The molecule has 1 unspecified atom stereocenters. The van der Waals surface area contributed by atoms with Crippen molar-refractivity contribution in [2.24, 2.45) is 0 Å². The number of fused-ring (bicyclic) bond motifs is 2. The highest BCUT2D eigenvalue weighted by Gasteiger charge is 2.28. The number of aryl methyl sites for hydroxylation is 2. The van der Waals surface area contributed by atoms with Crippen molar-refractivity contribution < 1.29 is 31.9 Å². The molecule has 6 aromatic rings. The predicted octanol–water partition coefficient (Wildman–Crippen LogP) is 7.38. The lowest BCUT2D eigenvalue weighted by Gasteiger charge is -2.26. The molecule has 6 rings (SSSR count). The van der Waals surface area contributed by atoms with Crippen LogP contribution in [0.3, 0.4) is 0 Å². The summed E-state index contributed by atoms with van der Waals surface area (Å²) in [5, 5.41) is 4.27. The smallest absolute Gasteiger partial charge is 0.325 e. The second-order valence-corrected chi connectivity index (χ2v) is 15.5. The number of likely N-dealkylation sites (N-methyl/N-ethyl adjacent to an activating group) is 2. The molecule has 0 aliphatic rings. The Morgan fingerprint density at radius 1 is 0.667 bits per heavy atom. The van der Waals surface area contributed by atoms with Crippen molar-refractivity contribution in [3.05, 3.63) is 117 Å². The van der Waals surface area contributed by atoms with Gasteiger partial charge in [-0.1, -0.05) is 0 Å². The maximum Gasteiger partial charge on any atom is 0.326 e. The van der Waals surface area contributed by atoms with E-state index in [0.717, 1.165) is 49.7 Å². The molecule has 0 fully saturated rings. The van der Waals surface area contributed by atoms with Gasteiger partial charge in [0, 0.05) is 56.2 Å². The molecule has 0 bridgehead atoms. The SMILES string of the molecule is Cc1nc2cc(N(C)C(=O)C(Cc3cc(F)cc(F)c3)NC(=O)NSN[C@@H](Cc3cc(F)cc(F)c3)C(=O)N(C)c3ccc4sc(C)nc4c3)ccc2s1. The second-order valence-electron chi connectivity index (χ2n) is 12.4. The largest absolute Gasteiger partial charge is 0.326 e. The minimum Gasteiger partial charge on any atom is -0.325 e. The Morgan fingerprint density at radius 3 is 1.56 bits per heavy atom. The van der Waals surface area contributed by atoms with Gasteiger partial charge in [0.2, 0.25) is 11.8 Å². The summed E-state index contributed by atoms with van der Waals surface area (Å²) in [6.45, 7) is 3.74. The molecular weight excluding hydrogens is 763 g/mol. The fourth-order valence-corrected chi connectivity index (χ4v) is 8.00. The topological polar surface area (TPSA) is 120 Å². The molecule has 2 heterocycles. The molecule has 0 spiro atoms. The Morgan fingerprint density at radius 2 is 1.09 bits per heavy atom. The van der Waals surface area contributed by atoms with Gasteiger partial charge in [0.15, 0.2) is 0 Å². The molecule has 0 saturated heterocycles. The van der Waals surface area contributed by atoms with Crippen LogP contribution in [0.2, 0.25) is 0 Å². The number of anilines is 2. The third-order valence-corrected chi connectivity index (χ3v) is 11.0. The van der Waals surface area contributed by atoms with Gasteiger partial charge < -0.3 is 15.1 Å². The summed E-state index contributed by atoms with van der Waals surface area (Å²) in [7, 11) is 3.05. The lowest BCUT2D eigenvalue weighted by Crippen LogP contribution is -2.51. The monoisotopic (exact) mass is 795 g/mol. The zero-order valence-corrected chi connectivity index (χ0v) is 31.7. The lowest BCUT2D eigenvalue weighted by atomic mass is 10.0. The van der Waals surface area contributed by atoms with Gasteiger partial charge in [-0.25, -0.2) is 37.0 Å². The van der Waals surface area contributed by atoms with Crippen LogP contribution >= 0.6 is 34.8 Å². The number of benzene rings is 4. The fourth-order valence-electron chi connectivity index (χ4n) is 5.84. The molecule has 2 atom stereocenters. The Kier molecular flexibility index (Phi) is 11.8. The highest BCUT2D eigenvalue weighted by Crippen LogP contribution is 2.28. The van der Waals surface area contributed by atoms with Crippen molar-refractivity contribution in [3.63, 3.8) is 0 Å². The van der Waals surface area contributed by atoms with E-state index in [4.69, 9.17) is 0 Å². The third-order valence-electron chi connectivity index (χ3n) is 8.36. The Bertz CT molecular complexity index is 2330. The van der Waals surface area contributed by atoms with Crippen LogP contribution in [-0.4, -0.2) is 54.0 Å². The number of carbonyl (C=O) groups is 3. The van der Waals surface area contributed by atoms with Crippen LogP contribution in [0.5, 0.6) is 0 Å². The minimum atomic E-state index is -1.30. The molecule has 54 heavy (non-hydrogen) atoms. The van der Waals surface area contributed by atoms with Crippen molar-refractivity contribution in [2.75, 3.05) is 23.9 Å². The summed E-state index contributed by atoms with van der Waals surface area (Å²) in [5.41, 5.74) is 2.70.